The Morgan fingerprint density at radius 2 is 2.13 bits per heavy atom. The molecule has 0 fully saturated rings. The number of furan rings is 1. The molecule has 5 nitrogen and oxygen atoms in total. The topological polar surface area (TPSA) is 67.6 Å². The molecule has 0 bridgehead atoms. The lowest BCUT2D eigenvalue weighted by Crippen LogP contribution is -2.07. The highest BCUT2D eigenvalue weighted by atomic mass is 32.2. The summed E-state index contributed by atoms with van der Waals surface area (Å²) in [5.74, 6) is 0.832. The third-order valence-corrected chi connectivity index (χ3v) is 4.50. The third kappa shape index (κ3) is 4.02. The first-order chi connectivity index (χ1) is 11.2. The van der Waals surface area contributed by atoms with Crippen molar-refractivity contribution in [3.63, 3.8) is 0 Å². The first-order valence-electron chi connectivity index (χ1n) is 7.26. The Hall–Kier alpha value is -2.52. The van der Waals surface area contributed by atoms with Crippen LogP contribution in [0.5, 0.6) is 0 Å². The van der Waals surface area contributed by atoms with Crippen LogP contribution in [0.25, 0.3) is 0 Å². The molecule has 0 amide bonds. The normalized spacial score (nSPS) is 12.0. The van der Waals surface area contributed by atoms with Crippen LogP contribution < -0.4 is 0 Å². The monoisotopic (exact) mass is 324 g/mol. The third-order valence-electron chi connectivity index (χ3n) is 3.42. The van der Waals surface area contributed by atoms with Crippen LogP contribution in [0.4, 0.5) is 0 Å². The fourth-order valence-corrected chi connectivity index (χ4v) is 3.12. The largest absolute Gasteiger partial charge is 0.467 e. The predicted molar refractivity (Wildman–Crippen MR) is 88.0 cm³/mol. The van der Waals surface area contributed by atoms with E-state index < -0.39 is 0 Å². The minimum atomic E-state index is -0.211. The van der Waals surface area contributed by atoms with Crippen LogP contribution in [-0.2, 0) is 13.0 Å². The van der Waals surface area contributed by atoms with Gasteiger partial charge in [0.05, 0.1) is 18.9 Å². The quantitative estimate of drug-likeness (QED) is 0.650. The van der Waals surface area contributed by atoms with Gasteiger partial charge in [0.2, 0.25) is 0 Å². The molecule has 0 saturated carbocycles. The van der Waals surface area contributed by atoms with Gasteiger partial charge in [-0.3, -0.25) is 0 Å². The number of aromatic nitrogens is 3. The molecular formula is C17H16N4OS. The fraction of sp³-hybridized carbons (Fsp3) is 0.235. The van der Waals surface area contributed by atoms with Crippen LogP contribution in [0.2, 0.25) is 0 Å². The summed E-state index contributed by atoms with van der Waals surface area (Å²) in [6, 6.07) is 14.4. The second-order valence-corrected chi connectivity index (χ2v) is 6.42. The highest BCUT2D eigenvalue weighted by Crippen LogP contribution is 2.24. The maximum atomic E-state index is 9.44. The number of benzene rings is 1. The van der Waals surface area contributed by atoms with E-state index in [1.54, 1.807) is 12.6 Å². The molecule has 0 aliphatic carbocycles. The summed E-state index contributed by atoms with van der Waals surface area (Å²) in [6.07, 6.45) is 3.97. The number of nitriles is 1. The standard InChI is InChI=1S/C17H16N4OS/c1-13-4-6-14(7-5-13)9-16(10-18)23-17-20-19-12-21(17)11-15-3-2-8-22-15/h2-8,12,16H,9,11H2,1H3. The molecule has 0 aliphatic rings. The number of aryl methyl sites for hydroxylation is 1. The summed E-state index contributed by atoms with van der Waals surface area (Å²) in [5, 5.41) is 18.0. The smallest absolute Gasteiger partial charge is 0.192 e. The van der Waals surface area contributed by atoms with E-state index in [-0.39, 0.29) is 5.25 Å². The van der Waals surface area contributed by atoms with Gasteiger partial charge in [-0.1, -0.05) is 41.6 Å². The second kappa shape index (κ2) is 7.16. The highest BCUT2D eigenvalue weighted by molar-refractivity contribution is 8.00. The molecule has 0 N–H and O–H groups in total. The lowest BCUT2D eigenvalue weighted by Gasteiger charge is -2.09. The number of nitrogens with zero attached hydrogens (tertiary/aromatic N) is 4. The molecule has 6 heteroatoms. The Balaban J connectivity index is 1.69. The van der Waals surface area contributed by atoms with E-state index in [2.05, 4.69) is 47.5 Å². The molecule has 0 spiro atoms. The summed E-state index contributed by atoms with van der Waals surface area (Å²) in [4.78, 5) is 0. The van der Waals surface area contributed by atoms with Gasteiger partial charge < -0.3 is 8.98 Å². The van der Waals surface area contributed by atoms with Gasteiger partial charge in [0, 0.05) is 0 Å². The van der Waals surface area contributed by atoms with Crippen molar-refractivity contribution in [3.05, 3.63) is 65.9 Å². The molecule has 2 heterocycles. The SMILES string of the molecule is Cc1ccc(CC(C#N)Sc2nncn2Cc2ccco2)cc1. The molecular weight excluding hydrogens is 308 g/mol. The molecule has 3 aromatic rings. The van der Waals surface area contributed by atoms with Crippen LogP contribution in [-0.4, -0.2) is 20.0 Å². The van der Waals surface area contributed by atoms with Crippen molar-refractivity contribution >= 4 is 11.8 Å². The summed E-state index contributed by atoms with van der Waals surface area (Å²) in [7, 11) is 0. The van der Waals surface area contributed by atoms with Gasteiger partial charge in [0.1, 0.15) is 17.3 Å². The minimum absolute atomic E-state index is 0.211. The minimum Gasteiger partial charge on any atom is -0.467 e. The molecule has 1 aromatic carbocycles. The second-order valence-electron chi connectivity index (χ2n) is 5.25. The van der Waals surface area contributed by atoms with E-state index in [1.807, 2.05) is 16.7 Å². The lowest BCUT2D eigenvalue weighted by molar-refractivity contribution is 0.484. The van der Waals surface area contributed by atoms with E-state index in [0.29, 0.717) is 13.0 Å². The van der Waals surface area contributed by atoms with Crippen molar-refractivity contribution in [2.75, 3.05) is 0 Å². The predicted octanol–water partition coefficient (Wildman–Crippen LogP) is 3.45. The van der Waals surface area contributed by atoms with Crippen LogP contribution in [0.1, 0.15) is 16.9 Å². The molecule has 3 rings (SSSR count). The van der Waals surface area contributed by atoms with Crippen LogP contribution in [0, 0.1) is 18.3 Å². The summed E-state index contributed by atoms with van der Waals surface area (Å²) in [6.45, 7) is 2.61. The van der Waals surface area contributed by atoms with Crippen molar-refractivity contribution in [1.82, 2.24) is 14.8 Å². The first-order valence-corrected chi connectivity index (χ1v) is 8.14. The zero-order valence-corrected chi connectivity index (χ0v) is 13.5. The summed E-state index contributed by atoms with van der Waals surface area (Å²) < 4.78 is 7.24. The maximum Gasteiger partial charge on any atom is 0.192 e. The van der Waals surface area contributed by atoms with Gasteiger partial charge in [-0.25, -0.2) is 0 Å². The van der Waals surface area contributed by atoms with Gasteiger partial charge in [-0.05, 0) is 31.0 Å². The first kappa shape index (κ1) is 15.4. The van der Waals surface area contributed by atoms with E-state index in [0.717, 1.165) is 16.5 Å². The van der Waals surface area contributed by atoms with Crippen LogP contribution >= 0.6 is 11.8 Å². The molecule has 0 radical (unpaired) electrons. The molecule has 0 saturated heterocycles. The molecule has 1 unspecified atom stereocenters. The summed E-state index contributed by atoms with van der Waals surface area (Å²) >= 11 is 1.43. The fourth-order valence-electron chi connectivity index (χ4n) is 2.19. The molecule has 0 aliphatic heterocycles. The van der Waals surface area contributed by atoms with E-state index in [4.69, 9.17) is 4.42 Å². The van der Waals surface area contributed by atoms with Gasteiger partial charge in [-0.15, -0.1) is 10.2 Å². The molecule has 23 heavy (non-hydrogen) atoms. The van der Waals surface area contributed by atoms with E-state index in [9.17, 15) is 5.26 Å². The van der Waals surface area contributed by atoms with Gasteiger partial charge in [0.15, 0.2) is 5.16 Å². The maximum absolute atomic E-state index is 9.44. The Kier molecular flexibility index (Phi) is 4.79. The summed E-state index contributed by atoms with van der Waals surface area (Å²) in [5.41, 5.74) is 2.36. The number of hydrogen-bond acceptors (Lipinski definition) is 5. The van der Waals surface area contributed by atoms with Crippen LogP contribution in [0.3, 0.4) is 0 Å². The van der Waals surface area contributed by atoms with Gasteiger partial charge in [0.25, 0.3) is 0 Å². The van der Waals surface area contributed by atoms with Crippen molar-refractivity contribution in [2.45, 2.75) is 30.3 Å². The molecule has 1 atom stereocenters. The zero-order valence-electron chi connectivity index (χ0n) is 12.7. The van der Waals surface area contributed by atoms with E-state index in [1.165, 1.54) is 17.3 Å². The Labute approximate surface area is 139 Å². The Morgan fingerprint density at radius 1 is 1.30 bits per heavy atom. The van der Waals surface area contributed by atoms with Crippen molar-refractivity contribution in [2.24, 2.45) is 0 Å². The van der Waals surface area contributed by atoms with Crippen molar-refractivity contribution in [3.8, 4) is 6.07 Å². The zero-order chi connectivity index (χ0) is 16.1. The number of thioether (sulfide) groups is 1. The molecule has 116 valence electrons. The van der Waals surface area contributed by atoms with Crippen LogP contribution in [0.15, 0.2) is 58.6 Å². The van der Waals surface area contributed by atoms with E-state index >= 15 is 0 Å². The highest BCUT2D eigenvalue weighted by Gasteiger charge is 2.15. The van der Waals surface area contributed by atoms with Crippen molar-refractivity contribution < 1.29 is 4.42 Å². The molecule has 2 aromatic heterocycles. The number of hydrogen-bond donors (Lipinski definition) is 0. The Morgan fingerprint density at radius 3 is 2.83 bits per heavy atom. The number of rotatable bonds is 6. The van der Waals surface area contributed by atoms with Crippen molar-refractivity contribution in [1.29, 1.82) is 5.26 Å². The average Bonchev–Trinajstić information content (AvgIpc) is 3.22. The van der Waals surface area contributed by atoms with Gasteiger partial charge in [-0.2, -0.15) is 5.26 Å². The van der Waals surface area contributed by atoms with Gasteiger partial charge >= 0.3 is 0 Å². The Bertz CT molecular complexity index is 787. The average molecular weight is 324 g/mol. The lowest BCUT2D eigenvalue weighted by atomic mass is 10.1.